The zero-order valence-corrected chi connectivity index (χ0v) is 15.9. The Bertz CT molecular complexity index is 1070. The third-order valence-corrected chi connectivity index (χ3v) is 6.06. The molecule has 27 heavy (non-hydrogen) atoms. The van der Waals surface area contributed by atoms with E-state index in [9.17, 15) is 4.79 Å². The van der Waals surface area contributed by atoms with Crippen molar-refractivity contribution < 1.29 is 9.53 Å². The first-order valence-corrected chi connectivity index (χ1v) is 9.40. The first-order chi connectivity index (χ1) is 13.1. The van der Waals surface area contributed by atoms with Crippen LogP contribution >= 0.6 is 12.2 Å². The molecule has 0 aliphatic carbocycles. The maximum absolute atomic E-state index is 13.3. The first kappa shape index (κ1) is 16.3. The Balaban J connectivity index is 1.56. The van der Waals surface area contributed by atoms with Gasteiger partial charge in [-0.3, -0.25) is 9.69 Å². The molecule has 5 rings (SSSR count). The topological polar surface area (TPSA) is 48.6 Å². The highest BCUT2D eigenvalue weighted by atomic mass is 32.1. The maximum Gasteiger partial charge on any atom is 0.256 e. The molecule has 1 aromatic heterocycles. The van der Waals surface area contributed by atoms with Crippen molar-refractivity contribution in [3.8, 4) is 5.75 Å². The van der Waals surface area contributed by atoms with E-state index in [2.05, 4.69) is 28.9 Å². The molecule has 2 aliphatic rings. The van der Waals surface area contributed by atoms with Gasteiger partial charge in [0.05, 0.1) is 18.8 Å². The standard InChI is InChI=1S/C21H19N3O2S/c1-12-19-16(15-5-3-4-6-17(15)22-19)11-18-20(25)24(21(27)23(12)18)13-7-9-14(26-2)10-8-13/h3-10,12,18,22H,11H2,1-2H3. The van der Waals surface area contributed by atoms with E-state index in [-0.39, 0.29) is 18.0 Å². The molecular weight excluding hydrogens is 358 g/mol. The molecule has 0 saturated carbocycles. The summed E-state index contributed by atoms with van der Waals surface area (Å²) in [6.45, 7) is 2.11. The van der Waals surface area contributed by atoms with Crippen molar-refractivity contribution in [2.45, 2.75) is 25.4 Å². The van der Waals surface area contributed by atoms with E-state index in [0.29, 0.717) is 11.5 Å². The second kappa shape index (κ2) is 5.82. The van der Waals surface area contributed by atoms with Gasteiger partial charge in [0.1, 0.15) is 11.8 Å². The zero-order valence-electron chi connectivity index (χ0n) is 15.1. The second-order valence-electron chi connectivity index (χ2n) is 7.02. The lowest BCUT2D eigenvalue weighted by molar-refractivity contribution is -0.120. The molecule has 2 aliphatic heterocycles. The third kappa shape index (κ3) is 2.23. The van der Waals surface area contributed by atoms with Gasteiger partial charge < -0.3 is 14.6 Å². The summed E-state index contributed by atoms with van der Waals surface area (Å²) in [6, 6.07) is 15.5. The molecule has 6 heteroatoms. The van der Waals surface area contributed by atoms with Crippen LogP contribution in [0.2, 0.25) is 0 Å². The van der Waals surface area contributed by atoms with E-state index in [1.54, 1.807) is 12.0 Å². The van der Waals surface area contributed by atoms with Crippen molar-refractivity contribution in [3.63, 3.8) is 0 Å². The second-order valence-corrected chi connectivity index (χ2v) is 7.39. The summed E-state index contributed by atoms with van der Waals surface area (Å²) in [5.74, 6) is 0.789. The fourth-order valence-electron chi connectivity index (χ4n) is 4.33. The van der Waals surface area contributed by atoms with Gasteiger partial charge in [0.2, 0.25) is 0 Å². The number of methoxy groups -OCH3 is 1. The molecule has 1 amide bonds. The number of amides is 1. The minimum atomic E-state index is -0.263. The number of H-pyrrole nitrogens is 1. The van der Waals surface area contributed by atoms with Crippen molar-refractivity contribution in [3.05, 3.63) is 59.8 Å². The van der Waals surface area contributed by atoms with E-state index < -0.39 is 0 Å². The van der Waals surface area contributed by atoms with Crippen LogP contribution in [0.4, 0.5) is 5.69 Å². The molecule has 2 unspecified atom stereocenters. The summed E-state index contributed by atoms with van der Waals surface area (Å²) in [5.41, 5.74) is 4.27. The van der Waals surface area contributed by atoms with Gasteiger partial charge in [-0.25, -0.2) is 0 Å². The van der Waals surface area contributed by atoms with E-state index >= 15 is 0 Å². The Morgan fingerprint density at radius 1 is 1.15 bits per heavy atom. The van der Waals surface area contributed by atoms with Crippen LogP contribution in [-0.2, 0) is 11.2 Å². The smallest absolute Gasteiger partial charge is 0.256 e. The van der Waals surface area contributed by atoms with Crippen LogP contribution in [-0.4, -0.2) is 34.1 Å². The van der Waals surface area contributed by atoms with Crippen LogP contribution in [0, 0.1) is 0 Å². The number of nitrogens with zero attached hydrogens (tertiary/aromatic N) is 2. The van der Waals surface area contributed by atoms with E-state index in [1.807, 2.05) is 36.4 Å². The highest BCUT2D eigenvalue weighted by Crippen LogP contribution is 2.41. The lowest BCUT2D eigenvalue weighted by atomic mass is 9.93. The quantitative estimate of drug-likeness (QED) is 0.690. The number of thiocarbonyl (C=S) groups is 1. The van der Waals surface area contributed by atoms with Gasteiger partial charge in [0.25, 0.3) is 5.91 Å². The van der Waals surface area contributed by atoms with Gasteiger partial charge in [0.15, 0.2) is 5.11 Å². The van der Waals surface area contributed by atoms with E-state index in [1.165, 1.54) is 10.9 Å². The monoisotopic (exact) mass is 377 g/mol. The first-order valence-electron chi connectivity index (χ1n) is 9.00. The number of para-hydroxylation sites is 1. The molecule has 0 bridgehead atoms. The van der Waals surface area contributed by atoms with Gasteiger partial charge in [-0.1, -0.05) is 18.2 Å². The lowest BCUT2D eigenvalue weighted by Gasteiger charge is -2.34. The van der Waals surface area contributed by atoms with Crippen molar-refractivity contribution in [1.82, 2.24) is 9.88 Å². The van der Waals surface area contributed by atoms with Crippen molar-refractivity contribution in [2.24, 2.45) is 0 Å². The van der Waals surface area contributed by atoms with Crippen LogP contribution in [0.15, 0.2) is 48.5 Å². The molecule has 5 nitrogen and oxygen atoms in total. The third-order valence-electron chi connectivity index (χ3n) is 5.66. The normalized spacial score (nSPS) is 21.6. The average Bonchev–Trinajstić information content (AvgIpc) is 3.18. The minimum Gasteiger partial charge on any atom is -0.497 e. The Labute approximate surface area is 162 Å². The molecule has 1 N–H and O–H groups in total. The number of nitrogens with one attached hydrogen (secondary N) is 1. The zero-order chi connectivity index (χ0) is 18.7. The largest absolute Gasteiger partial charge is 0.497 e. The van der Waals surface area contributed by atoms with Gasteiger partial charge >= 0.3 is 0 Å². The Morgan fingerprint density at radius 2 is 1.89 bits per heavy atom. The number of ether oxygens (including phenoxy) is 1. The highest BCUT2D eigenvalue weighted by molar-refractivity contribution is 7.80. The summed E-state index contributed by atoms with van der Waals surface area (Å²) in [5, 5.41) is 1.76. The Morgan fingerprint density at radius 3 is 2.63 bits per heavy atom. The van der Waals surface area contributed by atoms with Crippen molar-refractivity contribution >= 4 is 39.8 Å². The number of hydrogen-bond acceptors (Lipinski definition) is 3. The SMILES string of the molecule is COc1ccc(N2C(=O)C3Cc4c([nH]c5ccccc45)C(C)N3C2=S)cc1. The number of rotatable bonds is 2. The molecule has 1 fully saturated rings. The average molecular weight is 377 g/mol. The van der Waals surface area contributed by atoms with E-state index in [4.69, 9.17) is 17.0 Å². The number of anilines is 1. The number of carbonyl (C=O) groups is 1. The Kier molecular flexibility index (Phi) is 3.52. The minimum absolute atomic E-state index is 0.0193. The number of fused-ring (bicyclic) bond motifs is 4. The van der Waals surface area contributed by atoms with Crippen LogP contribution < -0.4 is 9.64 Å². The van der Waals surface area contributed by atoms with Gasteiger partial charge in [-0.2, -0.15) is 0 Å². The number of carbonyl (C=O) groups excluding carboxylic acids is 1. The molecular formula is C21H19N3O2S. The summed E-state index contributed by atoms with van der Waals surface area (Å²) in [4.78, 5) is 20.5. The van der Waals surface area contributed by atoms with Crippen LogP contribution in [0.25, 0.3) is 10.9 Å². The number of aromatic amines is 1. The van der Waals surface area contributed by atoms with Gasteiger partial charge in [-0.05, 0) is 55.0 Å². The van der Waals surface area contributed by atoms with Crippen molar-refractivity contribution in [1.29, 1.82) is 0 Å². The van der Waals surface area contributed by atoms with Crippen molar-refractivity contribution in [2.75, 3.05) is 12.0 Å². The predicted molar refractivity (Wildman–Crippen MR) is 109 cm³/mol. The number of aromatic nitrogens is 1. The molecule has 1 saturated heterocycles. The van der Waals surface area contributed by atoms with Gasteiger partial charge in [0, 0.05) is 23.0 Å². The van der Waals surface area contributed by atoms with Crippen LogP contribution in [0.5, 0.6) is 5.75 Å². The summed E-state index contributed by atoms with van der Waals surface area (Å²) < 4.78 is 5.22. The lowest BCUT2D eigenvalue weighted by Crippen LogP contribution is -2.42. The molecule has 3 aromatic rings. The fourth-order valence-corrected chi connectivity index (χ4v) is 4.81. The molecule has 2 aromatic carbocycles. The molecule has 0 spiro atoms. The maximum atomic E-state index is 13.3. The summed E-state index contributed by atoms with van der Waals surface area (Å²) >= 11 is 5.73. The Hall–Kier alpha value is -2.86. The summed E-state index contributed by atoms with van der Waals surface area (Å²) in [7, 11) is 1.63. The predicted octanol–water partition coefficient (Wildman–Crippen LogP) is 3.80. The fraction of sp³-hybridized carbons (Fsp3) is 0.238. The van der Waals surface area contributed by atoms with Gasteiger partial charge in [-0.15, -0.1) is 0 Å². The van der Waals surface area contributed by atoms with Crippen LogP contribution in [0.3, 0.4) is 0 Å². The molecule has 2 atom stereocenters. The molecule has 136 valence electrons. The number of hydrogen-bond donors (Lipinski definition) is 1. The number of benzene rings is 2. The summed E-state index contributed by atoms with van der Waals surface area (Å²) in [6.07, 6.45) is 0.662. The molecule has 3 heterocycles. The van der Waals surface area contributed by atoms with E-state index in [0.717, 1.165) is 22.6 Å². The highest BCUT2D eigenvalue weighted by Gasteiger charge is 2.49. The van der Waals surface area contributed by atoms with Crippen LogP contribution in [0.1, 0.15) is 24.2 Å². The molecule has 0 radical (unpaired) electrons.